The Balaban J connectivity index is 2.40. The van der Waals surface area contributed by atoms with Gasteiger partial charge in [-0.05, 0) is 30.3 Å². The lowest BCUT2D eigenvalue weighted by Gasteiger charge is -2.23. The Kier molecular flexibility index (Phi) is 4.50. The van der Waals surface area contributed by atoms with E-state index in [1.54, 1.807) is 24.3 Å². The molecule has 20 heavy (non-hydrogen) atoms. The second kappa shape index (κ2) is 6.14. The van der Waals surface area contributed by atoms with Crippen molar-refractivity contribution in [2.24, 2.45) is 0 Å². The van der Waals surface area contributed by atoms with Crippen LogP contribution in [0.1, 0.15) is 6.42 Å². The Labute approximate surface area is 127 Å². The number of ether oxygens (including phenoxy) is 1. The molecule has 0 saturated heterocycles. The molecule has 1 aliphatic rings. The molecule has 0 radical (unpaired) electrons. The first-order valence-corrected chi connectivity index (χ1v) is 6.71. The van der Waals surface area contributed by atoms with Crippen molar-refractivity contribution in [3.63, 3.8) is 0 Å². The molecule has 0 fully saturated rings. The van der Waals surface area contributed by atoms with Gasteiger partial charge in [0.25, 0.3) is 0 Å². The molecule has 0 aliphatic heterocycles. The van der Waals surface area contributed by atoms with Gasteiger partial charge in [-0.2, -0.15) is 4.79 Å². The third-order valence-electron chi connectivity index (χ3n) is 2.81. The van der Waals surface area contributed by atoms with Gasteiger partial charge in [0.1, 0.15) is 5.75 Å². The standard InChI is InChI=1S/C14H13Cl2N3O/c1-19(2)12-8-7-11(18-17)13(16)14(12)20-10-5-3-9(15)4-6-10/h3-6,8H,7H2,1-2H3. The van der Waals surface area contributed by atoms with E-state index in [1.807, 2.05) is 25.1 Å². The minimum atomic E-state index is 0.300. The molecule has 2 rings (SSSR count). The Morgan fingerprint density at radius 2 is 1.85 bits per heavy atom. The lowest BCUT2D eigenvalue weighted by molar-refractivity contribution is -0.00617. The van der Waals surface area contributed by atoms with Crippen LogP contribution in [0, 0.1) is 0 Å². The number of benzene rings is 1. The monoisotopic (exact) mass is 309 g/mol. The van der Waals surface area contributed by atoms with Crippen molar-refractivity contribution in [2.75, 3.05) is 14.1 Å². The average Bonchev–Trinajstić information content (AvgIpc) is 2.43. The number of hydrogen-bond acceptors (Lipinski definition) is 2. The second-order valence-corrected chi connectivity index (χ2v) is 5.25. The van der Waals surface area contributed by atoms with Gasteiger partial charge in [-0.15, -0.1) is 0 Å². The van der Waals surface area contributed by atoms with Gasteiger partial charge in [0.05, 0.1) is 12.1 Å². The van der Waals surface area contributed by atoms with E-state index in [-0.39, 0.29) is 0 Å². The fourth-order valence-electron chi connectivity index (χ4n) is 1.81. The Bertz CT molecular complexity index is 626. The fourth-order valence-corrected chi connectivity index (χ4v) is 2.18. The molecule has 0 bridgehead atoms. The molecule has 104 valence electrons. The first-order chi connectivity index (χ1) is 9.52. The van der Waals surface area contributed by atoms with Crippen molar-refractivity contribution in [3.05, 3.63) is 57.4 Å². The molecule has 0 saturated carbocycles. The van der Waals surface area contributed by atoms with Crippen LogP contribution in [0.15, 0.2) is 46.8 Å². The van der Waals surface area contributed by atoms with Crippen LogP contribution in [-0.2, 0) is 0 Å². The Morgan fingerprint density at radius 3 is 2.40 bits per heavy atom. The molecule has 0 N–H and O–H groups in total. The van der Waals surface area contributed by atoms with Crippen LogP contribution >= 0.6 is 23.2 Å². The van der Waals surface area contributed by atoms with Crippen molar-refractivity contribution in [1.29, 1.82) is 0 Å². The molecule has 1 aromatic carbocycles. The highest BCUT2D eigenvalue weighted by Gasteiger charge is 2.28. The highest BCUT2D eigenvalue weighted by Crippen LogP contribution is 2.30. The lowest BCUT2D eigenvalue weighted by Crippen LogP contribution is -2.22. The van der Waals surface area contributed by atoms with Gasteiger partial charge in [0, 0.05) is 19.1 Å². The maximum Gasteiger partial charge on any atom is 0.318 e. The summed E-state index contributed by atoms with van der Waals surface area (Å²) in [6, 6.07) is 6.96. The van der Waals surface area contributed by atoms with E-state index in [0.717, 1.165) is 5.70 Å². The van der Waals surface area contributed by atoms with E-state index >= 15 is 0 Å². The zero-order valence-electron chi connectivity index (χ0n) is 11.1. The van der Waals surface area contributed by atoms with Crippen molar-refractivity contribution >= 4 is 28.9 Å². The van der Waals surface area contributed by atoms with Crippen molar-refractivity contribution < 1.29 is 9.53 Å². The summed E-state index contributed by atoms with van der Waals surface area (Å²) in [6.45, 7) is 0. The fraction of sp³-hybridized carbons (Fsp3) is 0.214. The number of hydrogen-bond donors (Lipinski definition) is 0. The quantitative estimate of drug-likeness (QED) is 0.631. The SMILES string of the molecule is CN(C)C1=CCC(=[N+]=[N-])C(Cl)=C1Oc1ccc(Cl)cc1. The minimum Gasteiger partial charge on any atom is -0.453 e. The van der Waals surface area contributed by atoms with E-state index in [0.29, 0.717) is 33.7 Å². The number of likely N-dealkylation sites (N-methyl/N-ethyl adjacent to an activating group) is 1. The summed E-state index contributed by atoms with van der Waals surface area (Å²) in [7, 11) is 3.78. The van der Waals surface area contributed by atoms with Crippen LogP contribution in [0.3, 0.4) is 0 Å². The van der Waals surface area contributed by atoms with E-state index < -0.39 is 0 Å². The third kappa shape index (κ3) is 3.05. The van der Waals surface area contributed by atoms with Crippen LogP contribution in [0.25, 0.3) is 5.53 Å². The van der Waals surface area contributed by atoms with Crippen LogP contribution < -0.4 is 4.74 Å². The van der Waals surface area contributed by atoms with Crippen molar-refractivity contribution in [3.8, 4) is 5.75 Å². The average molecular weight is 310 g/mol. The molecule has 0 unspecified atom stereocenters. The lowest BCUT2D eigenvalue weighted by atomic mass is 10.1. The zero-order valence-corrected chi connectivity index (χ0v) is 12.6. The predicted octanol–water partition coefficient (Wildman–Crippen LogP) is 3.69. The third-order valence-corrected chi connectivity index (χ3v) is 3.45. The highest BCUT2D eigenvalue weighted by molar-refractivity contribution is 6.43. The predicted molar refractivity (Wildman–Crippen MR) is 80.0 cm³/mol. The summed E-state index contributed by atoms with van der Waals surface area (Å²) in [4.78, 5) is 5.08. The van der Waals surface area contributed by atoms with Gasteiger partial charge in [-0.25, -0.2) is 0 Å². The van der Waals surface area contributed by atoms with E-state index in [2.05, 4.69) is 4.79 Å². The largest absolute Gasteiger partial charge is 0.453 e. The molecule has 0 heterocycles. The van der Waals surface area contributed by atoms with Crippen molar-refractivity contribution in [2.45, 2.75) is 6.42 Å². The van der Waals surface area contributed by atoms with Crippen LogP contribution in [0.2, 0.25) is 5.02 Å². The van der Waals surface area contributed by atoms with Gasteiger partial charge in [-0.1, -0.05) is 23.2 Å². The van der Waals surface area contributed by atoms with Gasteiger partial charge in [0.2, 0.25) is 0 Å². The van der Waals surface area contributed by atoms with Crippen LogP contribution in [0.4, 0.5) is 0 Å². The molecule has 1 aliphatic carbocycles. The molecular formula is C14H13Cl2N3O. The van der Waals surface area contributed by atoms with E-state index in [4.69, 9.17) is 33.5 Å². The van der Waals surface area contributed by atoms with E-state index in [1.165, 1.54) is 0 Å². The highest BCUT2D eigenvalue weighted by atomic mass is 35.5. The minimum absolute atomic E-state index is 0.300. The Morgan fingerprint density at radius 1 is 1.20 bits per heavy atom. The smallest absolute Gasteiger partial charge is 0.318 e. The maximum atomic E-state index is 8.96. The molecule has 4 nitrogen and oxygen atoms in total. The van der Waals surface area contributed by atoms with Gasteiger partial charge < -0.3 is 15.2 Å². The maximum absolute atomic E-state index is 8.96. The number of nitrogens with zero attached hydrogens (tertiary/aromatic N) is 3. The number of allylic oxidation sites excluding steroid dienone is 2. The normalized spacial score (nSPS) is 14.8. The molecular weight excluding hydrogens is 297 g/mol. The second-order valence-electron chi connectivity index (χ2n) is 4.43. The summed E-state index contributed by atoms with van der Waals surface area (Å²) in [6.07, 6.45) is 2.35. The Hall–Kier alpha value is -1.74. The van der Waals surface area contributed by atoms with Gasteiger partial charge >= 0.3 is 5.71 Å². The van der Waals surface area contributed by atoms with Crippen LogP contribution in [0.5, 0.6) is 5.75 Å². The molecule has 6 heteroatoms. The summed E-state index contributed by atoms with van der Waals surface area (Å²) in [5.41, 5.74) is 10.2. The van der Waals surface area contributed by atoms with Gasteiger partial charge in [0.15, 0.2) is 10.8 Å². The topological polar surface area (TPSA) is 48.9 Å². The van der Waals surface area contributed by atoms with Crippen molar-refractivity contribution in [1.82, 2.24) is 4.90 Å². The first kappa shape index (κ1) is 14.7. The van der Waals surface area contributed by atoms with E-state index in [9.17, 15) is 0 Å². The van der Waals surface area contributed by atoms with Crippen LogP contribution in [-0.4, -0.2) is 29.5 Å². The summed E-state index contributed by atoms with van der Waals surface area (Å²) in [5, 5.41) is 0.927. The molecule has 0 atom stereocenters. The number of rotatable bonds is 3. The summed E-state index contributed by atoms with van der Waals surface area (Å²) < 4.78 is 5.82. The summed E-state index contributed by atoms with van der Waals surface area (Å²) in [5.74, 6) is 1.06. The summed E-state index contributed by atoms with van der Waals surface area (Å²) >= 11 is 12.1. The first-order valence-electron chi connectivity index (χ1n) is 5.95. The van der Waals surface area contributed by atoms with Gasteiger partial charge in [-0.3, -0.25) is 0 Å². The zero-order chi connectivity index (χ0) is 14.7. The molecule has 0 aromatic heterocycles. The number of halogens is 2. The molecule has 1 aromatic rings. The molecule has 0 spiro atoms. The molecule has 0 amide bonds.